The van der Waals surface area contributed by atoms with E-state index in [4.69, 9.17) is 30.2 Å². The van der Waals surface area contributed by atoms with Crippen molar-refractivity contribution in [2.75, 3.05) is 19.8 Å². The quantitative estimate of drug-likeness (QED) is 0.170. The third kappa shape index (κ3) is 8.31. The van der Waals surface area contributed by atoms with Crippen molar-refractivity contribution in [1.29, 1.82) is 0 Å². The summed E-state index contributed by atoms with van der Waals surface area (Å²) in [4.78, 5) is 0. The molecule has 0 spiro atoms. The van der Waals surface area contributed by atoms with Crippen molar-refractivity contribution in [3.8, 4) is 5.75 Å². The van der Waals surface area contributed by atoms with Crippen molar-refractivity contribution in [2.45, 2.75) is 82.5 Å². The number of rotatable bonds is 12. The molecule has 1 aliphatic carbocycles. The zero-order valence-corrected chi connectivity index (χ0v) is 29.0. The standard InChI is InChI=1S/C38H49ClO6Si/c1-38(2,3)46(31-15-6-4-7-16-31,32-17-8-5-9-18-32)45-30(27-43-29-14-12-13-28(39)25-29)20-21-33-34(26-40)35(41)22-23-36(33)44-37-19-10-11-24-42-37/h4-9,12-18,20-21,25,30,33-37,40-41H,10-11,19,22-24,26-27H2,1-3H3/b21-20+/t30?,33-,34-,35+,36-,37?/m1/s1. The molecule has 1 saturated heterocycles. The van der Waals surface area contributed by atoms with Crippen LogP contribution in [-0.4, -0.2) is 63.0 Å². The molecule has 0 bridgehead atoms. The first-order valence-corrected chi connectivity index (χ1v) is 18.9. The largest absolute Gasteiger partial charge is 0.491 e. The number of aliphatic hydroxyl groups is 2. The average molecular weight is 665 g/mol. The summed E-state index contributed by atoms with van der Waals surface area (Å²) in [7, 11) is -2.95. The minimum atomic E-state index is -2.95. The van der Waals surface area contributed by atoms with Crippen LogP contribution in [0.4, 0.5) is 0 Å². The van der Waals surface area contributed by atoms with Gasteiger partial charge in [0, 0.05) is 30.1 Å². The minimum absolute atomic E-state index is 0.138. The Labute approximate surface area is 280 Å². The molecule has 248 valence electrons. The Hall–Kier alpha value is -2.49. The predicted octanol–water partition coefficient (Wildman–Crippen LogP) is 6.51. The van der Waals surface area contributed by atoms with Crippen molar-refractivity contribution < 1.29 is 28.8 Å². The van der Waals surface area contributed by atoms with Gasteiger partial charge in [-0.25, -0.2) is 0 Å². The van der Waals surface area contributed by atoms with Gasteiger partial charge in [-0.3, -0.25) is 0 Å². The molecular weight excluding hydrogens is 616 g/mol. The van der Waals surface area contributed by atoms with Gasteiger partial charge in [-0.15, -0.1) is 0 Å². The van der Waals surface area contributed by atoms with E-state index in [0.717, 1.165) is 19.3 Å². The molecule has 0 amide bonds. The van der Waals surface area contributed by atoms with Gasteiger partial charge >= 0.3 is 0 Å². The molecule has 1 saturated carbocycles. The monoisotopic (exact) mass is 664 g/mol. The smallest absolute Gasteiger partial charge is 0.262 e. The highest BCUT2D eigenvalue weighted by atomic mass is 35.5. The first kappa shape index (κ1) is 34.8. The summed E-state index contributed by atoms with van der Waals surface area (Å²) in [6, 6.07) is 28.5. The van der Waals surface area contributed by atoms with E-state index in [2.05, 4.69) is 81.5 Å². The zero-order chi connectivity index (χ0) is 32.6. The van der Waals surface area contributed by atoms with Crippen molar-refractivity contribution >= 4 is 30.3 Å². The van der Waals surface area contributed by atoms with Crippen LogP contribution in [0.2, 0.25) is 10.1 Å². The Balaban J connectivity index is 1.54. The lowest BCUT2D eigenvalue weighted by molar-refractivity contribution is -0.211. The van der Waals surface area contributed by atoms with Crippen LogP contribution in [0, 0.1) is 11.8 Å². The van der Waals surface area contributed by atoms with Gasteiger partial charge < -0.3 is 28.8 Å². The molecule has 6 atom stereocenters. The molecule has 0 radical (unpaired) electrons. The Morgan fingerprint density at radius 1 is 0.935 bits per heavy atom. The number of aliphatic hydroxyl groups excluding tert-OH is 2. The third-order valence-corrected chi connectivity index (χ3v) is 14.6. The molecule has 1 aliphatic heterocycles. The van der Waals surface area contributed by atoms with E-state index in [0.29, 0.717) is 30.2 Å². The van der Waals surface area contributed by atoms with Crippen LogP contribution in [0.3, 0.4) is 0 Å². The van der Waals surface area contributed by atoms with E-state index in [1.54, 1.807) is 6.07 Å². The second-order valence-corrected chi connectivity index (χ2v) is 18.2. The van der Waals surface area contributed by atoms with Crippen molar-refractivity contribution in [1.82, 2.24) is 0 Å². The van der Waals surface area contributed by atoms with Gasteiger partial charge in [-0.2, -0.15) is 0 Å². The second kappa shape index (κ2) is 16.1. The summed E-state index contributed by atoms with van der Waals surface area (Å²) >= 11 is 6.30. The molecular formula is C38H49ClO6Si. The van der Waals surface area contributed by atoms with Gasteiger partial charge in [0.25, 0.3) is 8.32 Å². The maximum absolute atomic E-state index is 11.0. The maximum Gasteiger partial charge on any atom is 0.262 e. The van der Waals surface area contributed by atoms with Gasteiger partial charge in [0.2, 0.25) is 0 Å². The lowest BCUT2D eigenvalue weighted by Crippen LogP contribution is -2.68. The lowest BCUT2D eigenvalue weighted by atomic mass is 9.75. The Morgan fingerprint density at radius 3 is 2.22 bits per heavy atom. The maximum atomic E-state index is 11.0. The SMILES string of the molecule is CC(C)(C)[Si](OC(/C=C/[C@@H]1[C@@H](CO)[C@@H](O)CC[C@H]1OC1CCCCO1)COc1cccc(Cl)c1)(c1ccccc1)c1ccccc1. The van der Waals surface area contributed by atoms with E-state index in [9.17, 15) is 10.2 Å². The van der Waals surface area contributed by atoms with Crippen molar-refractivity contribution in [3.63, 3.8) is 0 Å². The van der Waals surface area contributed by atoms with Crippen LogP contribution in [0.5, 0.6) is 5.75 Å². The number of hydrogen-bond donors (Lipinski definition) is 2. The molecule has 2 fully saturated rings. The van der Waals surface area contributed by atoms with Gasteiger partial charge in [0.05, 0.1) is 18.3 Å². The molecule has 3 aromatic rings. The van der Waals surface area contributed by atoms with Crippen LogP contribution >= 0.6 is 11.6 Å². The molecule has 2 aliphatic rings. The molecule has 2 unspecified atom stereocenters. The molecule has 6 nitrogen and oxygen atoms in total. The van der Waals surface area contributed by atoms with E-state index >= 15 is 0 Å². The first-order chi connectivity index (χ1) is 22.2. The molecule has 8 heteroatoms. The number of hydrogen-bond acceptors (Lipinski definition) is 6. The number of benzene rings is 3. The molecule has 5 rings (SSSR count). The summed E-state index contributed by atoms with van der Waals surface area (Å²) < 4.78 is 26.3. The molecule has 3 aromatic carbocycles. The van der Waals surface area contributed by atoms with E-state index in [1.807, 2.05) is 30.3 Å². The lowest BCUT2D eigenvalue weighted by Gasteiger charge is -2.45. The summed E-state index contributed by atoms with van der Waals surface area (Å²) in [5.41, 5.74) is 0. The van der Waals surface area contributed by atoms with Crippen LogP contribution in [0.1, 0.15) is 52.9 Å². The summed E-state index contributed by atoms with van der Waals surface area (Å²) in [6.07, 6.45) is 6.83. The Bertz CT molecular complexity index is 1340. The topological polar surface area (TPSA) is 77.4 Å². The van der Waals surface area contributed by atoms with E-state index in [1.165, 1.54) is 10.4 Å². The van der Waals surface area contributed by atoms with E-state index in [-0.39, 0.29) is 42.5 Å². The van der Waals surface area contributed by atoms with Gasteiger partial charge in [0.15, 0.2) is 6.29 Å². The molecule has 1 heterocycles. The normalized spacial score (nSPS) is 25.0. The number of halogens is 1. The van der Waals surface area contributed by atoms with E-state index < -0.39 is 20.5 Å². The minimum Gasteiger partial charge on any atom is -0.491 e. The summed E-state index contributed by atoms with van der Waals surface area (Å²) in [5.74, 6) is 0.0746. The molecule has 46 heavy (non-hydrogen) atoms. The first-order valence-electron chi connectivity index (χ1n) is 16.6. The number of ether oxygens (including phenoxy) is 3. The fourth-order valence-electron chi connectivity index (χ4n) is 6.99. The van der Waals surface area contributed by atoms with Crippen molar-refractivity contribution in [2.24, 2.45) is 11.8 Å². The third-order valence-electron chi connectivity index (χ3n) is 9.34. The predicted molar refractivity (Wildman–Crippen MR) is 186 cm³/mol. The highest BCUT2D eigenvalue weighted by Gasteiger charge is 2.51. The average Bonchev–Trinajstić information content (AvgIpc) is 3.06. The zero-order valence-electron chi connectivity index (χ0n) is 27.3. The van der Waals surface area contributed by atoms with Gasteiger partial charge in [-0.05, 0) is 65.7 Å². The fourth-order valence-corrected chi connectivity index (χ4v) is 11.8. The van der Waals surface area contributed by atoms with Crippen LogP contribution < -0.4 is 15.1 Å². The van der Waals surface area contributed by atoms with Gasteiger partial charge in [-0.1, -0.05) is 111 Å². The summed E-state index contributed by atoms with van der Waals surface area (Å²) in [6.45, 7) is 7.57. The van der Waals surface area contributed by atoms with Crippen LogP contribution in [-0.2, 0) is 13.9 Å². The highest BCUT2D eigenvalue weighted by molar-refractivity contribution is 6.99. The Kier molecular flexibility index (Phi) is 12.2. The highest BCUT2D eigenvalue weighted by Crippen LogP contribution is 2.39. The van der Waals surface area contributed by atoms with Gasteiger partial charge in [0.1, 0.15) is 12.4 Å². The van der Waals surface area contributed by atoms with Crippen LogP contribution in [0.15, 0.2) is 97.1 Å². The summed E-state index contributed by atoms with van der Waals surface area (Å²) in [5, 5.41) is 24.1. The van der Waals surface area contributed by atoms with Crippen molar-refractivity contribution in [3.05, 3.63) is 102 Å². The molecule has 2 N–H and O–H groups in total. The Morgan fingerprint density at radius 2 is 1.63 bits per heavy atom. The van der Waals surface area contributed by atoms with Crippen LogP contribution in [0.25, 0.3) is 0 Å². The fraction of sp³-hybridized carbons (Fsp3) is 0.474. The second-order valence-electron chi connectivity index (χ2n) is 13.5. The molecule has 0 aromatic heterocycles.